The summed E-state index contributed by atoms with van der Waals surface area (Å²) in [5.41, 5.74) is 3.10. The van der Waals surface area contributed by atoms with Crippen molar-refractivity contribution in [1.82, 2.24) is 4.90 Å². The summed E-state index contributed by atoms with van der Waals surface area (Å²) in [6.07, 6.45) is 2.62. The Morgan fingerprint density at radius 3 is 2.36 bits per heavy atom. The number of likely N-dealkylation sites (N-methyl/N-ethyl adjacent to an activating group) is 1. The van der Waals surface area contributed by atoms with Crippen LogP contribution in [0.1, 0.15) is 18.1 Å². The van der Waals surface area contributed by atoms with Crippen molar-refractivity contribution in [3.8, 4) is 11.5 Å². The van der Waals surface area contributed by atoms with Crippen molar-refractivity contribution >= 4 is 37.9 Å². The predicted molar refractivity (Wildman–Crippen MR) is 99.6 cm³/mol. The minimum atomic E-state index is -0.221. The third kappa shape index (κ3) is 3.18. The van der Waals surface area contributed by atoms with Crippen LogP contribution < -0.4 is 4.90 Å². The molecule has 0 aliphatic carbocycles. The molecule has 1 amide bonds. The second-order valence-corrected chi connectivity index (χ2v) is 6.55. The van der Waals surface area contributed by atoms with E-state index < -0.39 is 0 Å². The molecule has 1 aliphatic rings. The van der Waals surface area contributed by atoms with Crippen LogP contribution in [0.5, 0.6) is 11.5 Å². The molecule has 0 bridgehead atoms. The van der Waals surface area contributed by atoms with E-state index in [1.807, 2.05) is 24.3 Å². The van der Waals surface area contributed by atoms with Gasteiger partial charge >= 0.3 is 154 Å². The van der Waals surface area contributed by atoms with E-state index in [4.69, 9.17) is 0 Å². The summed E-state index contributed by atoms with van der Waals surface area (Å²) < 4.78 is 0.684. The number of carbonyl (C=O) groups excluding carboxylic acids is 1. The van der Waals surface area contributed by atoms with E-state index in [1.54, 1.807) is 29.0 Å². The van der Waals surface area contributed by atoms with Crippen LogP contribution in [0.3, 0.4) is 0 Å². The van der Waals surface area contributed by atoms with Gasteiger partial charge in [0.15, 0.2) is 0 Å². The molecule has 0 atom stereocenters. The van der Waals surface area contributed by atoms with Crippen LogP contribution in [0, 0.1) is 0 Å². The Morgan fingerprint density at radius 1 is 1.08 bits per heavy atom. The summed E-state index contributed by atoms with van der Waals surface area (Å²) in [5, 5.41) is 19.1. The summed E-state index contributed by atoms with van der Waals surface area (Å²) in [7, 11) is 1.80. The SMILES string of the molecule is CCc1ccc(N2C(=O)C(=Cc3ccc(O)c(O)c3)N(C)C2=[Se])cc1. The molecule has 0 aromatic heterocycles. The fourth-order valence-electron chi connectivity index (χ4n) is 2.65. The van der Waals surface area contributed by atoms with Crippen LogP contribution in [0.25, 0.3) is 6.08 Å². The molecule has 1 aliphatic heterocycles. The van der Waals surface area contributed by atoms with Crippen molar-refractivity contribution in [2.24, 2.45) is 0 Å². The molecule has 2 N–H and O–H groups in total. The van der Waals surface area contributed by atoms with Crippen LogP contribution in [0.4, 0.5) is 5.69 Å². The third-order valence-corrected chi connectivity index (χ3v) is 5.13. The van der Waals surface area contributed by atoms with E-state index in [0.717, 1.165) is 12.1 Å². The van der Waals surface area contributed by atoms with Crippen molar-refractivity contribution in [1.29, 1.82) is 0 Å². The van der Waals surface area contributed by atoms with Crippen molar-refractivity contribution in [2.75, 3.05) is 11.9 Å². The number of aromatic hydroxyl groups is 2. The first-order valence-corrected chi connectivity index (χ1v) is 8.72. The van der Waals surface area contributed by atoms with E-state index in [0.29, 0.717) is 15.9 Å². The number of phenols is 2. The van der Waals surface area contributed by atoms with Gasteiger partial charge in [0, 0.05) is 0 Å². The van der Waals surface area contributed by atoms with E-state index in [9.17, 15) is 15.0 Å². The van der Waals surface area contributed by atoms with Gasteiger partial charge in [-0.3, -0.25) is 0 Å². The number of nitrogens with zero attached hydrogens (tertiary/aromatic N) is 2. The molecule has 1 heterocycles. The zero-order valence-corrected chi connectivity index (χ0v) is 15.6. The maximum absolute atomic E-state index is 12.9. The van der Waals surface area contributed by atoms with Gasteiger partial charge < -0.3 is 0 Å². The van der Waals surface area contributed by atoms with Gasteiger partial charge in [-0.05, 0) is 0 Å². The van der Waals surface area contributed by atoms with Crippen LogP contribution in [-0.4, -0.2) is 48.3 Å². The van der Waals surface area contributed by atoms with E-state index in [2.05, 4.69) is 22.5 Å². The van der Waals surface area contributed by atoms with Gasteiger partial charge in [0.1, 0.15) is 0 Å². The number of amides is 1. The van der Waals surface area contributed by atoms with E-state index >= 15 is 0 Å². The van der Waals surface area contributed by atoms with Gasteiger partial charge in [-0.25, -0.2) is 0 Å². The molecule has 0 unspecified atom stereocenters. The zero-order valence-electron chi connectivity index (χ0n) is 13.9. The summed E-state index contributed by atoms with van der Waals surface area (Å²) in [6.45, 7) is 2.09. The standard InChI is InChI=1S/C19H18N2O3Se/c1-3-12-4-7-14(8-5-12)21-18(24)15(20(2)19(21)25)10-13-6-9-16(22)17(23)11-13/h4-11,22-23H,3H2,1-2H3. The molecule has 1 fully saturated rings. The number of hydrogen-bond donors (Lipinski definition) is 2. The Morgan fingerprint density at radius 2 is 1.76 bits per heavy atom. The van der Waals surface area contributed by atoms with E-state index in [1.165, 1.54) is 17.7 Å². The minimum absolute atomic E-state index is 0.159. The van der Waals surface area contributed by atoms with Crippen molar-refractivity contribution in [3.63, 3.8) is 0 Å². The Bertz CT molecular complexity index is 875. The Labute approximate surface area is 154 Å². The first kappa shape index (κ1) is 17.3. The molecule has 0 saturated carbocycles. The summed E-state index contributed by atoms with van der Waals surface area (Å²) in [5.74, 6) is -0.572. The molecule has 2 aromatic carbocycles. The number of aryl methyl sites for hydroxylation is 1. The summed E-state index contributed by atoms with van der Waals surface area (Å²) in [6, 6.07) is 12.3. The molecule has 2 aromatic rings. The molecule has 128 valence electrons. The number of hydrogen-bond acceptors (Lipinski definition) is 4. The van der Waals surface area contributed by atoms with Gasteiger partial charge in [0.2, 0.25) is 0 Å². The zero-order chi connectivity index (χ0) is 18.1. The maximum atomic E-state index is 12.9. The Kier molecular flexibility index (Phi) is 4.66. The fourth-order valence-corrected chi connectivity index (χ4v) is 3.25. The number of rotatable bonds is 3. The first-order chi connectivity index (χ1) is 11.9. The number of benzene rings is 2. The molecule has 5 nitrogen and oxygen atoms in total. The number of anilines is 1. The predicted octanol–water partition coefficient (Wildman–Crippen LogP) is 2.24. The van der Waals surface area contributed by atoms with Gasteiger partial charge in [-0.2, -0.15) is 0 Å². The fraction of sp³-hybridized carbons (Fsp3) is 0.158. The van der Waals surface area contributed by atoms with Gasteiger partial charge in [-0.1, -0.05) is 0 Å². The van der Waals surface area contributed by atoms with Gasteiger partial charge in [-0.15, -0.1) is 0 Å². The van der Waals surface area contributed by atoms with Crippen LogP contribution >= 0.6 is 0 Å². The molecule has 6 heteroatoms. The molecule has 0 radical (unpaired) electrons. The summed E-state index contributed by atoms with van der Waals surface area (Å²) >= 11 is 2.95. The summed E-state index contributed by atoms with van der Waals surface area (Å²) in [4.78, 5) is 16.3. The average Bonchev–Trinajstić information content (AvgIpc) is 2.82. The van der Waals surface area contributed by atoms with Crippen molar-refractivity contribution in [3.05, 3.63) is 59.3 Å². The van der Waals surface area contributed by atoms with E-state index in [-0.39, 0.29) is 17.4 Å². The molecule has 25 heavy (non-hydrogen) atoms. The quantitative estimate of drug-likeness (QED) is 0.471. The molecular formula is C19H18N2O3Se. The molecule has 3 rings (SSSR count). The van der Waals surface area contributed by atoms with Crippen LogP contribution in [0.15, 0.2) is 48.2 Å². The third-order valence-electron chi connectivity index (χ3n) is 4.17. The number of phenolic OH excluding ortho intramolecular Hbond substituents is 2. The Hall–Kier alpha value is -2.56. The second-order valence-electron chi connectivity index (χ2n) is 5.78. The number of carbonyl (C=O) groups is 1. The monoisotopic (exact) mass is 402 g/mol. The van der Waals surface area contributed by atoms with Crippen LogP contribution in [-0.2, 0) is 11.2 Å². The van der Waals surface area contributed by atoms with Gasteiger partial charge in [0.25, 0.3) is 0 Å². The first-order valence-electron chi connectivity index (χ1n) is 7.87. The molecule has 1 saturated heterocycles. The Balaban J connectivity index is 1.96. The average molecular weight is 401 g/mol. The molecular weight excluding hydrogens is 383 g/mol. The van der Waals surface area contributed by atoms with Crippen molar-refractivity contribution in [2.45, 2.75) is 13.3 Å². The molecule has 0 spiro atoms. The van der Waals surface area contributed by atoms with Crippen LogP contribution in [0.2, 0.25) is 0 Å². The van der Waals surface area contributed by atoms with Gasteiger partial charge in [0.05, 0.1) is 0 Å². The second kappa shape index (κ2) is 6.75. The van der Waals surface area contributed by atoms with Crippen molar-refractivity contribution < 1.29 is 15.0 Å². The normalized spacial score (nSPS) is 16.2. The topological polar surface area (TPSA) is 64.0 Å².